The predicted molar refractivity (Wildman–Crippen MR) is 64.7 cm³/mol. The lowest BCUT2D eigenvalue weighted by molar-refractivity contribution is -0.113. The van der Waals surface area contributed by atoms with Crippen molar-refractivity contribution in [2.45, 2.75) is 11.8 Å². The van der Waals surface area contributed by atoms with Crippen LogP contribution in [0.3, 0.4) is 0 Å². The van der Waals surface area contributed by atoms with Gasteiger partial charge in [0.05, 0.1) is 5.75 Å². The quantitative estimate of drug-likeness (QED) is 0.613. The first-order valence-electron chi connectivity index (χ1n) is 4.16. The van der Waals surface area contributed by atoms with Crippen LogP contribution < -0.4 is 0 Å². The lowest BCUT2D eigenvalue weighted by atomic mass is 10.2. The van der Waals surface area contributed by atoms with Crippen molar-refractivity contribution in [1.82, 2.24) is 0 Å². The second-order valence-corrected chi connectivity index (χ2v) is 4.91. The monoisotopic (exact) mass is 270 g/mol. The number of ketones is 1. The summed E-state index contributed by atoms with van der Waals surface area (Å²) in [5.41, 5.74) is 0.620. The first-order chi connectivity index (χ1) is 6.59. The largest absolute Gasteiger partial charge is 0.294 e. The zero-order valence-corrected chi connectivity index (χ0v) is 10.3. The number of benzene rings is 1. The smallest absolute Gasteiger partial charge is 0.168 e. The number of hydrogen-bond acceptors (Lipinski definition) is 2. The van der Waals surface area contributed by atoms with E-state index in [1.54, 1.807) is 6.92 Å². The van der Waals surface area contributed by atoms with Gasteiger partial charge < -0.3 is 0 Å². The Morgan fingerprint density at radius 3 is 2.50 bits per heavy atom. The van der Waals surface area contributed by atoms with E-state index in [2.05, 4.69) is 22.5 Å². The molecular formula is C11H11BrOS. The normalized spacial score (nSPS) is 9.86. The molecule has 0 amide bonds. The number of thioether (sulfide) groups is 1. The van der Waals surface area contributed by atoms with Gasteiger partial charge in [0.2, 0.25) is 0 Å². The maximum absolute atomic E-state index is 11.3. The number of rotatable bonds is 4. The van der Waals surface area contributed by atoms with E-state index in [0.29, 0.717) is 11.3 Å². The fourth-order valence-corrected chi connectivity index (χ4v) is 1.94. The number of hydrogen-bond donors (Lipinski definition) is 0. The fourth-order valence-electron chi connectivity index (χ4n) is 0.803. The molecule has 14 heavy (non-hydrogen) atoms. The van der Waals surface area contributed by atoms with Crippen molar-refractivity contribution in [2.75, 3.05) is 5.75 Å². The van der Waals surface area contributed by atoms with E-state index in [0.717, 1.165) is 9.37 Å². The molecule has 3 heteroatoms. The summed E-state index contributed by atoms with van der Waals surface area (Å²) in [6.45, 7) is 5.35. The summed E-state index contributed by atoms with van der Waals surface area (Å²) in [5, 5.41) is 0. The number of halogens is 1. The molecule has 1 aromatic rings. The Labute approximate surface area is 96.7 Å². The summed E-state index contributed by atoms with van der Waals surface area (Å²) in [6.07, 6.45) is 0. The van der Waals surface area contributed by atoms with Crippen LogP contribution in [0, 0.1) is 0 Å². The van der Waals surface area contributed by atoms with Gasteiger partial charge in [-0.05, 0) is 36.8 Å². The Morgan fingerprint density at radius 2 is 2.00 bits per heavy atom. The minimum Gasteiger partial charge on any atom is -0.294 e. The summed E-state index contributed by atoms with van der Waals surface area (Å²) < 4.78 is 1.05. The standard InChI is InChI=1S/C11H11BrOS/c1-8(2)11(13)7-14-10-5-3-9(12)4-6-10/h3-6H,1,7H2,2H3. The van der Waals surface area contributed by atoms with Crippen LogP contribution in [0.25, 0.3) is 0 Å². The van der Waals surface area contributed by atoms with E-state index in [-0.39, 0.29) is 5.78 Å². The van der Waals surface area contributed by atoms with Gasteiger partial charge >= 0.3 is 0 Å². The third-order valence-electron chi connectivity index (χ3n) is 1.66. The Bertz CT molecular complexity index is 343. The Kier molecular flexibility index (Phi) is 4.42. The van der Waals surface area contributed by atoms with Gasteiger partial charge in [0, 0.05) is 9.37 Å². The third kappa shape index (κ3) is 3.68. The molecule has 0 saturated carbocycles. The van der Waals surface area contributed by atoms with Crippen LogP contribution >= 0.6 is 27.7 Å². The molecule has 0 aliphatic rings. The highest BCUT2D eigenvalue weighted by Crippen LogP contribution is 2.21. The average Bonchev–Trinajstić information content (AvgIpc) is 2.16. The van der Waals surface area contributed by atoms with Gasteiger partial charge in [-0.2, -0.15) is 0 Å². The number of carbonyl (C=O) groups excluding carboxylic acids is 1. The molecule has 1 aromatic carbocycles. The molecule has 1 nitrogen and oxygen atoms in total. The van der Waals surface area contributed by atoms with E-state index in [4.69, 9.17) is 0 Å². The van der Waals surface area contributed by atoms with Crippen molar-refractivity contribution in [3.8, 4) is 0 Å². The molecule has 0 aliphatic heterocycles. The molecule has 0 N–H and O–H groups in total. The Balaban J connectivity index is 2.50. The van der Waals surface area contributed by atoms with E-state index < -0.39 is 0 Å². The maximum Gasteiger partial charge on any atom is 0.168 e. The van der Waals surface area contributed by atoms with Gasteiger partial charge in [-0.15, -0.1) is 11.8 Å². The van der Waals surface area contributed by atoms with Gasteiger partial charge in [0.1, 0.15) is 0 Å². The zero-order chi connectivity index (χ0) is 10.6. The Morgan fingerprint density at radius 1 is 1.43 bits per heavy atom. The zero-order valence-electron chi connectivity index (χ0n) is 7.92. The van der Waals surface area contributed by atoms with Gasteiger partial charge in [0.25, 0.3) is 0 Å². The molecule has 0 aromatic heterocycles. The van der Waals surface area contributed by atoms with Crippen molar-refractivity contribution < 1.29 is 4.79 Å². The highest BCUT2D eigenvalue weighted by molar-refractivity contribution is 9.10. The van der Waals surface area contributed by atoms with Crippen LogP contribution in [0.2, 0.25) is 0 Å². The highest BCUT2D eigenvalue weighted by Gasteiger charge is 2.02. The van der Waals surface area contributed by atoms with Gasteiger partial charge in [0.15, 0.2) is 5.78 Å². The van der Waals surface area contributed by atoms with E-state index in [1.165, 1.54) is 11.8 Å². The summed E-state index contributed by atoms with van der Waals surface area (Å²) in [5.74, 6) is 0.578. The first kappa shape index (κ1) is 11.5. The SMILES string of the molecule is C=C(C)C(=O)CSc1ccc(Br)cc1. The summed E-state index contributed by atoms with van der Waals surface area (Å²) in [4.78, 5) is 12.4. The van der Waals surface area contributed by atoms with Gasteiger partial charge in [-0.3, -0.25) is 4.79 Å². The molecule has 1 rings (SSSR count). The lowest BCUT2D eigenvalue weighted by Crippen LogP contribution is -2.01. The first-order valence-corrected chi connectivity index (χ1v) is 5.94. The van der Waals surface area contributed by atoms with Crippen LogP contribution in [0.15, 0.2) is 45.8 Å². The second-order valence-electron chi connectivity index (χ2n) is 2.95. The van der Waals surface area contributed by atoms with E-state index in [1.807, 2.05) is 24.3 Å². The van der Waals surface area contributed by atoms with Crippen LogP contribution in [0.4, 0.5) is 0 Å². The molecule has 0 fully saturated rings. The van der Waals surface area contributed by atoms with Crippen molar-refractivity contribution in [3.63, 3.8) is 0 Å². The molecule has 0 aliphatic carbocycles. The minimum atomic E-state index is 0.109. The van der Waals surface area contributed by atoms with E-state index >= 15 is 0 Å². The van der Waals surface area contributed by atoms with Crippen molar-refractivity contribution in [1.29, 1.82) is 0 Å². The van der Waals surface area contributed by atoms with Crippen LogP contribution in [-0.4, -0.2) is 11.5 Å². The minimum absolute atomic E-state index is 0.109. The molecule has 74 valence electrons. The molecule has 0 unspecified atom stereocenters. The average molecular weight is 271 g/mol. The number of allylic oxidation sites excluding steroid dienone is 1. The fraction of sp³-hybridized carbons (Fsp3) is 0.182. The second kappa shape index (κ2) is 5.37. The molecule has 0 bridgehead atoms. The lowest BCUT2D eigenvalue weighted by Gasteiger charge is -2.00. The van der Waals surface area contributed by atoms with Crippen molar-refractivity contribution in [2.24, 2.45) is 0 Å². The number of carbonyl (C=O) groups is 1. The number of Topliss-reactive ketones (excluding diaryl/α,β-unsaturated/α-hetero) is 1. The molecular weight excluding hydrogens is 260 g/mol. The summed E-state index contributed by atoms with van der Waals surface area (Å²) in [7, 11) is 0. The predicted octanol–water partition coefficient (Wildman–Crippen LogP) is 3.69. The summed E-state index contributed by atoms with van der Waals surface area (Å²) in [6, 6.07) is 7.90. The molecule has 0 radical (unpaired) electrons. The van der Waals surface area contributed by atoms with Gasteiger partial charge in [-0.1, -0.05) is 22.5 Å². The Hall–Kier alpha value is -0.540. The van der Waals surface area contributed by atoms with Crippen molar-refractivity contribution >= 4 is 33.5 Å². The molecule has 0 heterocycles. The van der Waals surface area contributed by atoms with Crippen molar-refractivity contribution in [3.05, 3.63) is 40.9 Å². The highest BCUT2D eigenvalue weighted by atomic mass is 79.9. The summed E-state index contributed by atoms with van der Waals surface area (Å²) >= 11 is 4.89. The van der Waals surface area contributed by atoms with E-state index in [9.17, 15) is 4.79 Å². The third-order valence-corrected chi connectivity index (χ3v) is 3.20. The molecule has 0 saturated heterocycles. The van der Waals surface area contributed by atoms with Crippen LogP contribution in [0.1, 0.15) is 6.92 Å². The maximum atomic E-state index is 11.3. The molecule has 0 atom stereocenters. The van der Waals surface area contributed by atoms with Gasteiger partial charge in [-0.25, -0.2) is 0 Å². The van der Waals surface area contributed by atoms with Crippen LogP contribution in [0.5, 0.6) is 0 Å². The topological polar surface area (TPSA) is 17.1 Å². The molecule has 0 spiro atoms. The van der Waals surface area contributed by atoms with Crippen LogP contribution in [-0.2, 0) is 4.79 Å².